The van der Waals surface area contributed by atoms with Gasteiger partial charge in [-0.15, -0.1) is 0 Å². The number of ether oxygens (including phenoxy) is 2. The van der Waals surface area contributed by atoms with Crippen LogP contribution in [0.15, 0.2) is 12.3 Å². The van der Waals surface area contributed by atoms with Gasteiger partial charge in [0.05, 0.1) is 24.6 Å². The van der Waals surface area contributed by atoms with E-state index in [1.54, 1.807) is 6.07 Å². The molecule has 0 aliphatic heterocycles. The summed E-state index contributed by atoms with van der Waals surface area (Å²) in [6.45, 7) is 6.76. The molecule has 1 aromatic heterocycles. The quantitative estimate of drug-likeness (QED) is 0.867. The van der Waals surface area contributed by atoms with E-state index in [0.717, 1.165) is 12.8 Å². The Morgan fingerprint density at radius 3 is 2.76 bits per heavy atom. The molecule has 0 bridgehead atoms. The highest BCUT2D eigenvalue weighted by Crippen LogP contribution is 2.39. The van der Waals surface area contributed by atoms with Gasteiger partial charge in [0.15, 0.2) is 0 Å². The Morgan fingerprint density at radius 2 is 2.14 bits per heavy atom. The second kappa shape index (κ2) is 5.92. The van der Waals surface area contributed by atoms with Crippen LogP contribution in [-0.4, -0.2) is 24.2 Å². The molecule has 1 aliphatic rings. The molecule has 2 unspecified atom stereocenters. The number of aromatic nitrogens is 1. The molecule has 1 aliphatic carbocycles. The molecule has 2 N–H and O–H groups in total. The highest BCUT2D eigenvalue weighted by Gasteiger charge is 2.33. The standard InChI is InChI=1S/C16H24N2O3/c1-10-5-11(8-16(2,3)7-10)21-14-6-12(15(19)20-4)13(17)9-18-14/h6,9-11H,5,7-8,17H2,1-4H3. The van der Waals surface area contributed by atoms with Crippen LogP contribution >= 0.6 is 0 Å². The summed E-state index contributed by atoms with van der Waals surface area (Å²) in [6.07, 6.45) is 4.75. The number of hydrogen-bond donors (Lipinski definition) is 1. The number of pyridine rings is 1. The Hall–Kier alpha value is -1.78. The van der Waals surface area contributed by atoms with Crippen LogP contribution in [0.4, 0.5) is 5.69 Å². The Bertz CT molecular complexity index is 528. The van der Waals surface area contributed by atoms with Crippen LogP contribution in [0.3, 0.4) is 0 Å². The molecule has 0 radical (unpaired) electrons. The Labute approximate surface area is 125 Å². The van der Waals surface area contributed by atoms with Gasteiger partial charge >= 0.3 is 5.97 Å². The fourth-order valence-corrected chi connectivity index (χ4v) is 3.32. The summed E-state index contributed by atoms with van der Waals surface area (Å²) in [7, 11) is 1.33. The summed E-state index contributed by atoms with van der Waals surface area (Å²) in [6, 6.07) is 1.56. The number of methoxy groups -OCH3 is 1. The first-order valence-electron chi connectivity index (χ1n) is 7.31. The highest BCUT2D eigenvalue weighted by molar-refractivity contribution is 5.95. The van der Waals surface area contributed by atoms with Crippen molar-refractivity contribution in [1.29, 1.82) is 0 Å². The van der Waals surface area contributed by atoms with E-state index in [-0.39, 0.29) is 11.5 Å². The van der Waals surface area contributed by atoms with E-state index in [4.69, 9.17) is 15.2 Å². The van der Waals surface area contributed by atoms with Crippen molar-refractivity contribution in [1.82, 2.24) is 4.98 Å². The average Bonchev–Trinajstić information content (AvgIpc) is 2.37. The van der Waals surface area contributed by atoms with E-state index in [1.165, 1.54) is 19.7 Å². The van der Waals surface area contributed by atoms with Crippen molar-refractivity contribution in [3.63, 3.8) is 0 Å². The van der Waals surface area contributed by atoms with Crippen molar-refractivity contribution < 1.29 is 14.3 Å². The van der Waals surface area contributed by atoms with Crippen LogP contribution in [0, 0.1) is 11.3 Å². The van der Waals surface area contributed by atoms with Gasteiger partial charge in [0, 0.05) is 6.07 Å². The Balaban J connectivity index is 2.14. The minimum Gasteiger partial charge on any atom is -0.474 e. The summed E-state index contributed by atoms with van der Waals surface area (Å²) in [5.74, 6) is 0.573. The van der Waals surface area contributed by atoms with Crippen molar-refractivity contribution >= 4 is 11.7 Å². The van der Waals surface area contributed by atoms with E-state index in [2.05, 4.69) is 25.8 Å². The SMILES string of the molecule is COC(=O)c1cc(OC2CC(C)CC(C)(C)C2)ncc1N. The van der Waals surface area contributed by atoms with E-state index in [0.29, 0.717) is 23.0 Å². The van der Waals surface area contributed by atoms with Gasteiger partial charge in [-0.2, -0.15) is 0 Å². The fourth-order valence-electron chi connectivity index (χ4n) is 3.32. The van der Waals surface area contributed by atoms with Gasteiger partial charge in [-0.1, -0.05) is 20.8 Å². The maximum Gasteiger partial charge on any atom is 0.340 e. The largest absolute Gasteiger partial charge is 0.474 e. The number of rotatable bonds is 3. The number of carbonyl (C=O) groups is 1. The van der Waals surface area contributed by atoms with Gasteiger partial charge in [0.1, 0.15) is 6.10 Å². The molecule has 5 heteroatoms. The first-order valence-corrected chi connectivity index (χ1v) is 7.31. The van der Waals surface area contributed by atoms with Crippen LogP contribution in [0.1, 0.15) is 50.4 Å². The molecule has 1 heterocycles. The zero-order valence-corrected chi connectivity index (χ0v) is 13.2. The molecule has 5 nitrogen and oxygen atoms in total. The van der Waals surface area contributed by atoms with Gasteiger partial charge in [0.25, 0.3) is 0 Å². The molecular weight excluding hydrogens is 268 g/mol. The van der Waals surface area contributed by atoms with Gasteiger partial charge in [0.2, 0.25) is 5.88 Å². The molecule has 116 valence electrons. The van der Waals surface area contributed by atoms with Crippen LogP contribution in [-0.2, 0) is 4.74 Å². The second-order valence-electron chi connectivity index (χ2n) is 6.75. The molecule has 2 atom stereocenters. The lowest BCUT2D eigenvalue weighted by Crippen LogP contribution is -2.34. The third kappa shape index (κ3) is 3.86. The smallest absolute Gasteiger partial charge is 0.340 e. The number of anilines is 1. The van der Waals surface area contributed by atoms with E-state index < -0.39 is 5.97 Å². The molecule has 1 aromatic rings. The first kappa shape index (κ1) is 15.6. The van der Waals surface area contributed by atoms with Crippen LogP contribution in [0.25, 0.3) is 0 Å². The average molecular weight is 292 g/mol. The molecule has 0 aromatic carbocycles. The minimum absolute atomic E-state index is 0.116. The molecule has 1 fully saturated rings. The second-order valence-corrected chi connectivity index (χ2v) is 6.75. The van der Waals surface area contributed by atoms with Crippen molar-refractivity contribution in [3.05, 3.63) is 17.8 Å². The summed E-state index contributed by atoms with van der Waals surface area (Å²) in [5.41, 5.74) is 6.61. The molecule has 2 rings (SSSR count). The number of nitrogens with zero attached hydrogens (tertiary/aromatic N) is 1. The predicted molar refractivity (Wildman–Crippen MR) is 81.2 cm³/mol. The lowest BCUT2D eigenvalue weighted by Gasteiger charge is -2.38. The molecular formula is C16H24N2O3. The molecule has 0 amide bonds. The Morgan fingerprint density at radius 1 is 1.43 bits per heavy atom. The summed E-state index contributed by atoms with van der Waals surface area (Å²) >= 11 is 0. The highest BCUT2D eigenvalue weighted by atomic mass is 16.5. The summed E-state index contributed by atoms with van der Waals surface area (Å²) in [4.78, 5) is 15.8. The minimum atomic E-state index is -0.475. The van der Waals surface area contributed by atoms with Gasteiger partial charge < -0.3 is 15.2 Å². The van der Waals surface area contributed by atoms with Gasteiger partial charge in [-0.05, 0) is 30.6 Å². The van der Waals surface area contributed by atoms with Gasteiger partial charge in [-0.25, -0.2) is 9.78 Å². The van der Waals surface area contributed by atoms with Gasteiger partial charge in [-0.3, -0.25) is 0 Å². The third-order valence-electron chi connectivity index (χ3n) is 3.95. The number of hydrogen-bond acceptors (Lipinski definition) is 5. The molecule has 0 saturated heterocycles. The number of nitrogens with two attached hydrogens (primary N) is 1. The Kier molecular flexibility index (Phi) is 4.40. The fraction of sp³-hybridized carbons (Fsp3) is 0.625. The van der Waals surface area contributed by atoms with E-state index in [9.17, 15) is 4.79 Å². The van der Waals surface area contributed by atoms with Crippen molar-refractivity contribution in [2.45, 2.75) is 46.1 Å². The maximum absolute atomic E-state index is 11.6. The van der Waals surface area contributed by atoms with E-state index in [1.807, 2.05) is 0 Å². The lowest BCUT2D eigenvalue weighted by atomic mass is 9.71. The van der Waals surface area contributed by atoms with Crippen LogP contribution in [0.5, 0.6) is 5.88 Å². The number of nitrogen functional groups attached to an aromatic ring is 1. The molecule has 1 saturated carbocycles. The maximum atomic E-state index is 11.6. The van der Waals surface area contributed by atoms with Crippen molar-refractivity contribution in [2.24, 2.45) is 11.3 Å². The summed E-state index contributed by atoms with van der Waals surface area (Å²) in [5, 5.41) is 0. The first-order chi connectivity index (χ1) is 9.80. The zero-order chi connectivity index (χ0) is 15.6. The summed E-state index contributed by atoms with van der Waals surface area (Å²) < 4.78 is 10.7. The molecule has 0 spiro atoms. The topological polar surface area (TPSA) is 74.4 Å². The lowest BCUT2D eigenvalue weighted by molar-refractivity contribution is 0.0521. The van der Waals surface area contributed by atoms with E-state index >= 15 is 0 Å². The van der Waals surface area contributed by atoms with Crippen molar-refractivity contribution in [3.8, 4) is 5.88 Å². The number of carbonyl (C=O) groups excluding carboxylic acids is 1. The third-order valence-corrected chi connectivity index (χ3v) is 3.95. The van der Waals surface area contributed by atoms with Crippen LogP contribution in [0.2, 0.25) is 0 Å². The van der Waals surface area contributed by atoms with Crippen LogP contribution < -0.4 is 10.5 Å². The number of esters is 1. The predicted octanol–water partition coefficient (Wildman–Crippen LogP) is 3.04. The van der Waals surface area contributed by atoms with Crippen molar-refractivity contribution in [2.75, 3.05) is 12.8 Å². The monoisotopic (exact) mass is 292 g/mol. The zero-order valence-electron chi connectivity index (χ0n) is 13.2. The normalized spacial score (nSPS) is 24.4. The molecule has 21 heavy (non-hydrogen) atoms.